The number of carbonyl (C=O) groups excluding carboxylic acids is 1. The van der Waals surface area contributed by atoms with E-state index < -0.39 is 0 Å². The van der Waals surface area contributed by atoms with Gasteiger partial charge >= 0.3 is 5.97 Å². The molecule has 0 heterocycles. The molecule has 0 fully saturated rings. The van der Waals surface area contributed by atoms with Crippen molar-refractivity contribution >= 4 is 5.97 Å². The third-order valence-electron chi connectivity index (χ3n) is 2.90. The van der Waals surface area contributed by atoms with Crippen molar-refractivity contribution in [3.05, 3.63) is 29.8 Å². The summed E-state index contributed by atoms with van der Waals surface area (Å²) in [5, 5.41) is 3.27. The molecule has 0 radical (unpaired) electrons. The molecule has 4 nitrogen and oxygen atoms in total. The number of hydrogen-bond donors (Lipinski definition) is 1. The van der Waals surface area contributed by atoms with Crippen LogP contribution in [0.1, 0.15) is 19.4 Å². The fourth-order valence-corrected chi connectivity index (χ4v) is 1.82. The van der Waals surface area contributed by atoms with Crippen molar-refractivity contribution in [3.63, 3.8) is 0 Å². The predicted molar refractivity (Wildman–Crippen MR) is 75.4 cm³/mol. The van der Waals surface area contributed by atoms with Crippen LogP contribution in [0.4, 0.5) is 0 Å². The van der Waals surface area contributed by atoms with Crippen molar-refractivity contribution in [1.82, 2.24) is 5.32 Å². The monoisotopic (exact) mass is 265 g/mol. The largest absolute Gasteiger partial charge is 0.496 e. The van der Waals surface area contributed by atoms with Gasteiger partial charge in [-0.25, -0.2) is 0 Å². The van der Waals surface area contributed by atoms with E-state index in [1.54, 1.807) is 7.11 Å². The second-order valence-electron chi connectivity index (χ2n) is 4.42. The second kappa shape index (κ2) is 8.53. The zero-order valence-corrected chi connectivity index (χ0v) is 11.9. The summed E-state index contributed by atoms with van der Waals surface area (Å²) in [6.45, 7) is 5.57. The van der Waals surface area contributed by atoms with Crippen molar-refractivity contribution in [3.8, 4) is 5.75 Å². The minimum absolute atomic E-state index is 0.113. The van der Waals surface area contributed by atoms with E-state index in [0.717, 1.165) is 18.7 Å². The molecule has 1 atom stereocenters. The van der Waals surface area contributed by atoms with Gasteiger partial charge in [0.25, 0.3) is 0 Å². The number of esters is 1. The Labute approximate surface area is 115 Å². The lowest BCUT2D eigenvalue weighted by atomic mass is 10.1. The van der Waals surface area contributed by atoms with Gasteiger partial charge in [0.15, 0.2) is 0 Å². The van der Waals surface area contributed by atoms with Crippen LogP contribution < -0.4 is 10.1 Å². The predicted octanol–water partition coefficient (Wildman–Crippen LogP) is 2.03. The van der Waals surface area contributed by atoms with E-state index in [2.05, 4.69) is 11.4 Å². The molecular formula is C15H23NO3. The first-order valence-corrected chi connectivity index (χ1v) is 6.68. The number of benzene rings is 1. The summed E-state index contributed by atoms with van der Waals surface area (Å²) in [7, 11) is 1.68. The normalized spacial score (nSPS) is 11.9. The summed E-state index contributed by atoms with van der Waals surface area (Å²) >= 11 is 0. The summed E-state index contributed by atoms with van der Waals surface area (Å²) in [5.41, 5.74) is 1.17. The maximum atomic E-state index is 11.4. The highest BCUT2D eigenvalue weighted by Crippen LogP contribution is 2.17. The molecule has 0 aliphatic rings. The molecule has 1 N–H and O–H groups in total. The van der Waals surface area contributed by atoms with E-state index in [4.69, 9.17) is 9.47 Å². The highest BCUT2D eigenvalue weighted by atomic mass is 16.5. The lowest BCUT2D eigenvalue weighted by Crippen LogP contribution is -2.29. The lowest BCUT2D eigenvalue weighted by Gasteiger charge is -2.12. The van der Waals surface area contributed by atoms with Gasteiger partial charge in [0.2, 0.25) is 0 Å². The first-order valence-electron chi connectivity index (χ1n) is 6.68. The second-order valence-corrected chi connectivity index (χ2v) is 4.42. The highest BCUT2D eigenvalue weighted by molar-refractivity contribution is 5.72. The summed E-state index contributed by atoms with van der Waals surface area (Å²) in [4.78, 5) is 11.4. The summed E-state index contributed by atoms with van der Waals surface area (Å²) < 4.78 is 10.2. The molecule has 0 aromatic heterocycles. The minimum atomic E-state index is -0.146. The Morgan fingerprint density at radius 3 is 2.79 bits per heavy atom. The first kappa shape index (κ1) is 15.5. The topological polar surface area (TPSA) is 47.6 Å². The van der Waals surface area contributed by atoms with Crippen LogP contribution in [0.2, 0.25) is 0 Å². The van der Waals surface area contributed by atoms with Crippen LogP contribution in [-0.4, -0.2) is 32.8 Å². The van der Waals surface area contributed by atoms with E-state index in [1.807, 2.05) is 32.0 Å². The quantitative estimate of drug-likeness (QED) is 0.577. The Balaban J connectivity index is 2.29. The molecule has 106 valence electrons. The number of rotatable bonds is 8. The van der Waals surface area contributed by atoms with E-state index in [1.165, 1.54) is 5.56 Å². The van der Waals surface area contributed by atoms with Crippen molar-refractivity contribution in [2.75, 3.05) is 26.8 Å². The fraction of sp³-hybridized carbons (Fsp3) is 0.533. The van der Waals surface area contributed by atoms with E-state index in [9.17, 15) is 4.79 Å². The summed E-state index contributed by atoms with van der Waals surface area (Å²) in [6.07, 6.45) is 0.875. The van der Waals surface area contributed by atoms with Crippen LogP contribution in [0.15, 0.2) is 24.3 Å². The molecule has 19 heavy (non-hydrogen) atoms. The molecule has 0 spiro atoms. The van der Waals surface area contributed by atoms with Crippen molar-refractivity contribution in [2.45, 2.75) is 20.3 Å². The molecule has 1 rings (SSSR count). The molecule has 0 amide bonds. The van der Waals surface area contributed by atoms with Gasteiger partial charge in [-0.3, -0.25) is 4.79 Å². The third kappa shape index (κ3) is 5.30. The molecular weight excluding hydrogens is 242 g/mol. The van der Waals surface area contributed by atoms with Gasteiger partial charge in [-0.1, -0.05) is 25.1 Å². The lowest BCUT2D eigenvalue weighted by molar-refractivity contribution is -0.147. The molecule has 4 heteroatoms. The summed E-state index contributed by atoms with van der Waals surface area (Å²) in [5.74, 6) is 0.646. The van der Waals surface area contributed by atoms with Crippen LogP contribution in [0.25, 0.3) is 0 Å². The number of ether oxygens (including phenoxy) is 2. The average Bonchev–Trinajstić information content (AvgIpc) is 2.44. The Morgan fingerprint density at radius 1 is 1.37 bits per heavy atom. The van der Waals surface area contributed by atoms with E-state index in [0.29, 0.717) is 13.2 Å². The summed E-state index contributed by atoms with van der Waals surface area (Å²) in [6, 6.07) is 7.96. The molecule has 1 aromatic rings. The van der Waals surface area contributed by atoms with Gasteiger partial charge < -0.3 is 14.8 Å². The van der Waals surface area contributed by atoms with Gasteiger partial charge in [-0.15, -0.1) is 0 Å². The highest BCUT2D eigenvalue weighted by Gasteiger charge is 2.12. The maximum Gasteiger partial charge on any atom is 0.309 e. The van der Waals surface area contributed by atoms with Crippen molar-refractivity contribution < 1.29 is 14.3 Å². The van der Waals surface area contributed by atoms with Crippen molar-refractivity contribution in [2.24, 2.45) is 5.92 Å². The third-order valence-corrected chi connectivity index (χ3v) is 2.90. The molecule has 1 unspecified atom stereocenters. The van der Waals surface area contributed by atoms with Gasteiger partial charge in [-0.05, 0) is 31.5 Å². The molecule has 1 aromatic carbocycles. The number of hydrogen-bond acceptors (Lipinski definition) is 4. The Morgan fingerprint density at radius 2 is 2.11 bits per heavy atom. The van der Waals surface area contributed by atoms with Crippen LogP contribution in [0.5, 0.6) is 5.75 Å². The van der Waals surface area contributed by atoms with Gasteiger partial charge in [0.05, 0.1) is 19.6 Å². The molecule has 0 aliphatic heterocycles. The van der Waals surface area contributed by atoms with E-state index >= 15 is 0 Å². The van der Waals surface area contributed by atoms with Crippen molar-refractivity contribution in [1.29, 1.82) is 0 Å². The van der Waals surface area contributed by atoms with Crippen LogP contribution in [0.3, 0.4) is 0 Å². The zero-order chi connectivity index (χ0) is 14.1. The maximum absolute atomic E-state index is 11.4. The minimum Gasteiger partial charge on any atom is -0.496 e. The fourth-order valence-electron chi connectivity index (χ4n) is 1.82. The Bertz CT molecular complexity index is 393. The molecule has 0 aliphatic carbocycles. The number of para-hydroxylation sites is 1. The number of methoxy groups -OCH3 is 1. The van der Waals surface area contributed by atoms with Crippen LogP contribution >= 0.6 is 0 Å². The Kier molecular flexibility index (Phi) is 6.97. The standard InChI is InChI=1S/C15H23NO3/c1-4-19-15(17)12(2)11-16-10-9-13-7-5-6-8-14(13)18-3/h5-8,12,16H,4,9-11H2,1-3H3. The number of carbonyl (C=O) groups is 1. The van der Waals surface area contributed by atoms with Gasteiger partial charge in [0.1, 0.15) is 5.75 Å². The molecule has 0 bridgehead atoms. The van der Waals surface area contributed by atoms with Crippen LogP contribution in [-0.2, 0) is 16.0 Å². The molecule has 0 saturated carbocycles. The van der Waals surface area contributed by atoms with Gasteiger partial charge in [-0.2, -0.15) is 0 Å². The van der Waals surface area contributed by atoms with E-state index in [-0.39, 0.29) is 11.9 Å². The van der Waals surface area contributed by atoms with Crippen LogP contribution in [0, 0.1) is 5.92 Å². The van der Waals surface area contributed by atoms with Gasteiger partial charge in [0, 0.05) is 6.54 Å². The first-order chi connectivity index (χ1) is 9.19. The number of nitrogens with one attached hydrogen (secondary N) is 1. The Hall–Kier alpha value is -1.55. The zero-order valence-electron chi connectivity index (χ0n) is 11.9. The molecule has 0 saturated heterocycles. The smallest absolute Gasteiger partial charge is 0.309 e. The SMILES string of the molecule is CCOC(=O)C(C)CNCCc1ccccc1OC. The average molecular weight is 265 g/mol.